The third kappa shape index (κ3) is 3.87. The predicted octanol–water partition coefficient (Wildman–Crippen LogP) is 1.66. The van der Waals surface area contributed by atoms with Crippen LogP contribution in [-0.4, -0.2) is 33.9 Å². The van der Waals surface area contributed by atoms with Gasteiger partial charge in [0.15, 0.2) is 5.69 Å². The molecule has 1 unspecified atom stereocenters. The van der Waals surface area contributed by atoms with Crippen molar-refractivity contribution >= 4 is 23.4 Å². The molecule has 1 rings (SSSR count). The second-order valence-corrected chi connectivity index (χ2v) is 5.43. The molecule has 1 amide bonds. The summed E-state index contributed by atoms with van der Waals surface area (Å²) in [6.45, 7) is 5.91. The SMILES string of the molecule is CSCC(C)NC(=O)c1nc(C(C)C)ncc1N. The van der Waals surface area contributed by atoms with E-state index in [4.69, 9.17) is 5.73 Å². The number of thioether (sulfide) groups is 1. The molecule has 1 atom stereocenters. The summed E-state index contributed by atoms with van der Waals surface area (Å²) in [5.74, 6) is 1.42. The lowest BCUT2D eigenvalue weighted by atomic mass is 10.2. The zero-order valence-electron chi connectivity index (χ0n) is 11.2. The molecule has 0 aliphatic rings. The minimum Gasteiger partial charge on any atom is -0.396 e. The minimum atomic E-state index is -0.238. The number of amides is 1. The van der Waals surface area contributed by atoms with E-state index in [1.807, 2.05) is 27.0 Å². The normalized spacial score (nSPS) is 12.5. The smallest absolute Gasteiger partial charge is 0.272 e. The van der Waals surface area contributed by atoms with Gasteiger partial charge in [0.25, 0.3) is 5.91 Å². The summed E-state index contributed by atoms with van der Waals surface area (Å²) in [5, 5.41) is 2.87. The van der Waals surface area contributed by atoms with E-state index >= 15 is 0 Å². The summed E-state index contributed by atoms with van der Waals surface area (Å²) in [7, 11) is 0. The Kier molecular flexibility index (Phi) is 5.40. The number of rotatable bonds is 5. The molecular formula is C12H20N4OS. The van der Waals surface area contributed by atoms with Crippen molar-refractivity contribution in [2.45, 2.75) is 32.7 Å². The van der Waals surface area contributed by atoms with Gasteiger partial charge in [0.05, 0.1) is 11.9 Å². The Hall–Kier alpha value is -1.30. The van der Waals surface area contributed by atoms with E-state index in [0.717, 1.165) is 5.75 Å². The fourth-order valence-electron chi connectivity index (χ4n) is 1.45. The summed E-state index contributed by atoms with van der Waals surface area (Å²) in [6, 6.07) is 0.0874. The van der Waals surface area contributed by atoms with Crippen LogP contribution in [0, 0.1) is 0 Å². The first kappa shape index (κ1) is 14.8. The van der Waals surface area contributed by atoms with Gasteiger partial charge in [-0.3, -0.25) is 4.79 Å². The number of nitrogens with zero attached hydrogens (tertiary/aromatic N) is 2. The number of hydrogen-bond acceptors (Lipinski definition) is 5. The van der Waals surface area contributed by atoms with Crippen LogP contribution in [0.5, 0.6) is 0 Å². The first-order chi connectivity index (χ1) is 8.45. The van der Waals surface area contributed by atoms with E-state index < -0.39 is 0 Å². The van der Waals surface area contributed by atoms with E-state index in [1.54, 1.807) is 11.8 Å². The van der Waals surface area contributed by atoms with Gasteiger partial charge in [-0.15, -0.1) is 0 Å². The summed E-state index contributed by atoms with van der Waals surface area (Å²) < 4.78 is 0. The van der Waals surface area contributed by atoms with Crippen molar-refractivity contribution < 1.29 is 4.79 Å². The molecule has 0 aliphatic heterocycles. The van der Waals surface area contributed by atoms with Crippen molar-refractivity contribution in [1.82, 2.24) is 15.3 Å². The van der Waals surface area contributed by atoms with Gasteiger partial charge in [0.1, 0.15) is 5.82 Å². The predicted molar refractivity (Wildman–Crippen MR) is 75.8 cm³/mol. The molecule has 1 heterocycles. The number of anilines is 1. The lowest BCUT2D eigenvalue weighted by Gasteiger charge is -2.13. The lowest BCUT2D eigenvalue weighted by Crippen LogP contribution is -2.35. The van der Waals surface area contributed by atoms with Crippen LogP contribution in [0.25, 0.3) is 0 Å². The number of nitrogens with one attached hydrogen (secondary N) is 1. The Morgan fingerprint density at radius 3 is 2.72 bits per heavy atom. The second-order valence-electron chi connectivity index (χ2n) is 4.52. The lowest BCUT2D eigenvalue weighted by molar-refractivity contribution is 0.0939. The molecule has 0 saturated carbocycles. The molecule has 0 spiro atoms. The molecule has 6 heteroatoms. The van der Waals surface area contributed by atoms with E-state index in [-0.39, 0.29) is 23.6 Å². The van der Waals surface area contributed by atoms with Crippen molar-refractivity contribution in [3.05, 3.63) is 17.7 Å². The number of nitrogen functional groups attached to an aromatic ring is 1. The third-order valence-electron chi connectivity index (χ3n) is 2.36. The van der Waals surface area contributed by atoms with Crippen LogP contribution in [0.2, 0.25) is 0 Å². The van der Waals surface area contributed by atoms with Crippen LogP contribution in [-0.2, 0) is 0 Å². The fourth-order valence-corrected chi connectivity index (χ4v) is 2.03. The van der Waals surface area contributed by atoms with Gasteiger partial charge in [-0.1, -0.05) is 13.8 Å². The van der Waals surface area contributed by atoms with Crippen LogP contribution in [0.15, 0.2) is 6.20 Å². The molecule has 3 N–H and O–H groups in total. The molecular weight excluding hydrogens is 248 g/mol. The Morgan fingerprint density at radius 1 is 1.50 bits per heavy atom. The number of aromatic nitrogens is 2. The van der Waals surface area contributed by atoms with E-state index in [1.165, 1.54) is 6.20 Å². The van der Waals surface area contributed by atoms with Gasteiger partial charge in [-0.25, -0.2) is 9.97 Å². The first-order valence-electron chi connectivity index (χ1n) is 5.88. The monoisotopic (exact) mass is 268 g/mol. The second kappa shape index (κ2) is 6.58. The number of carbonyl (C=O) groups excluding carboxylic acids is 1. The Balaban J connectivity index is 2.87. The van der Waals surface area contributed by atoms with Crippen molar-refractivity contribution in [3.63, 3.8) is 0 Å². The van der Waals surface area contributed by atoms with Crippen molar-refractivity contribution in [2.24, 2.45) is 0 Å². The zero-order valence-corrected chi connectivity index (χ0v) is 12.0. The molecule has 0 bridgehead atoms. The van der Waals surface area contributed by atoms with E-state index in [9.17, 15) is 4.79 Å². The topological polar surface area (TPSA) is 80.9 Å². The molecule has 0 saturated heterocycles. The van der Waals surface area contributed by atoms with Crippen molar-refractivity contribution in [1.29, 1.82) is 0 Å². The highest BCUT2D eigenvalue weighted by Gasteiger charge is 2.16. The average molecular weight is 268 g/mol. The van der Waals surface area contributed by atoms with Crippen molar-refractivity contribution in [3.8, 4) is 0 Å². The minimum absolute atomic E-state index is 0.0874. The molecule has 0 radical (unpaired) electrons. The molecule has 5 nitrogen and oxygen atoms in total. The molecule has 1 aromatic heterocycles. The molecule has 0 fully saturated rings. The van der Waals surface area contributed by atoms with Crippen LogP contribution in [0.4, 0.5) is 5.69 Å². The highest BCUT2D eigenvalue weighted by Crippen LogP contribution is 2.13. The molecule has 0 aromatic carbocycles. The van der Waals surface area contributed by atoms with E-state index in [2.05, 4.69) is 15.3 Å². The highest BCUT2D eigenvalue weighted by molar-refractivity contribution is 7.98. The summed E-state index contributed by atoms with van der Waals surface area (Å²) in [5.41, 5.74) is 6.33. The maximum Gasteiger partial charge on any atom is 0.272 e. The zero-order chi connectivity index (χ0) is 13.7. The van der Waals surface area contributed by atoms with Gasteiger partial charge in [-0.2, -0.15) is 11.8 Å². The summed E-state index contributed by atoms with van der Waals surface area (Å²) in [4.78, 5) is 20.4. The van der Waals surface area contributed by atoms with E-state index in [0.29, 0.717) is 11.5 Å². The van der Waals surface area contributed by atoms with Gasteiger partial charge < -0.3 is 11.1 Å². The fraction of sp³-hybridized carbons (Fsp3) is 0.583. The number of carbonyl (C=O) groups is 1. The van der Waals surface area contributed by atoms with Crippen molar-refractivity contribution in [2.75, 3.05) is 17.7 Å². The average Bonchev–Trinajstić information content (AvgIpc) is 2.29. The van der Waals surface area contributed by atoms with Crippen LogP contribution >= 0.6 is 11.8 Å². The molecule has 100 valence electrons. The summed E-state index contributed by atoms with van der Waals surface area (Å²) in [6.07, 6.45) is 3.50. The largest absolute Gasteiger partial charge is 0.396 e. The Labute approximate surface area is 112 Å². The van der Waals surface area contributed by atoms with Gasteiger partial charge in [0.2, 0.25) is 0 Å². The first-order valence-corrected chi connectivity index (χ1v) is 7.27. The van der Waals surface area contributed by atoms with Crippen LogP contribution < -0.4 is 11.1 Å². The van der Waals surface area contributed by atoms with Gasteiger partial charge >= 0.3 is 0 Å². The van der Waals surface area contributed by atoms with Gasteiger partial charge in [-0.05, 0) is 13.2 Å². The number of hydrogen-bond donors (Lipinski definition) is 2. The van der Waals surface area contributed by atoms with Gasteiger partial charge in [0, 0.05) is 17.7 Å². The maximum absolute atomic E-state index is 12.0. The summed E-state index contributed by atoms with van der Waals surface area (Å²) >= 11 is 1.68. The standard InChI is InChI=1S/C12H20N4OS/c1-7(2)11-14-5-9(13)10(16-11)12(17)15-8(3)6-18-4/h5,7-8H,6,13H2,1-4H3,(H,15,17). The third-order valence-corrected chi connectivity index (χ3v) is 3.19. The molecule has 0 aliphatic carbocycles. The Bertz CT molecular complexity index is 423. The highest BCUT2D eigenvalue weighted by atomic mass is 32.2. The maximum atomic E-state index is 12.0. The quantitative estimate of drug-likeness (QED) is 0.849. The molecule has 18 heavy (non-hydrogen) atoms. The van der Waals surface area contributed by atoms with Crippen LogP contribution in [0.1, 0.15) is 43.0 Å². The molecule has 1 aromatic rings. The number of nitrogens with two attached hydrogens (primary N) is 1. The van der Waals surface area contributed by atoms with Crippen LogP contribution in [0.3, 0.4) is 0 Å². The Morgan fingerprint density at radius 2 is 2.17 bits per heavy atom.